The lowest BCUT2D eigenvalue weighted by Gasteiger charge is -2.36. The van der Waals surface area contributed by atoms with Gasteiger partial charge in [0, 0.05) is 57.9 Å². The van der Waals surface area contributed by atoms with Crippen molar-refractivity contribution in [2.24, 2.45) is 5.73 Å². The number of aryl methyl sites for hydroxylation is 1. The first-order chi connectivity index (χ1) is 18.0. The number of carboxylic acid groups (broad SMARTS) is 2. The van der Waals surface area contributed by atoms with E-state index in [0.717, 1.165) is 51.4 Å². The molecule has 1 aliphatic heterocycles. The maximum Gasteiger partial charge on any atom is 0.290 e. The molecule has 4 N–H and O–H groups in total. The van der Waals surface area contributed by atoms with E-state index in [1.54, 1.807) is 24.5 Å². The molecule has 0 aliphatic carbocycles. The van der Waals surface area contributed by atoms with E-state index >= 15 is 0 Å². The molecule has 12 nitrogen and oxygen atoms in total. The van der Waals surface area contributed by atoms with Crippen molar-refractivity contribution in [2.75, 3.05) is 37.7 Å². The van der Waals surface area contributed by atoms with Crippen LogP contribution in [0.25, 0.3) is 0 Å². The third-order valence-electron chi connectivity index (χ3n) is 5.42. The number of carbonyl (C=O) groups is 3. The number of nitrogens with two attached hydrogens (primary N) is 1. The Kier molecular flexibility index (Phi) is 12.7. The number of aromatic nitrogens is 3. The molecule has 0 atom stereocenters. The molecule has 3 aromatic rings. The minimum Gasteiger partial charge on any atom is -0.494 e. The van der Waals surface area contributed by atoms with Crippen LogP contribution < -0.4 is 15.4 Å². The summed E-state index contributed by atoms with van der Waals surface area (Å²) in [7, 11) is 0. The van der Waals surface area contributed by atoms with Crippen LogP contribution in [0.5, 0.6) is 5.75 Å². The van der Waals surface area contributed by atoms with Crippen LogP contribution in [0.1, 0.15) is 22.3 Å². The first kappa shape index (κ1) is 28.8. The molecule has 1 fully saturated rings. The highest BCUT2D eigenvalue weighted by atomic mass is 16.5. The number of anilines is 1. The zero-order chi connectivity index (χ0) is 26.9. The fraction of sp³-hybridized carbons (Fsp3) is 0.320. The van der Waals surface area contributed by atoms with Gasteiger partial charge in [0.05, 0.1) is 18.5 Å². The van der Waals surface area contributed by atoms with E-state index in [-0.39, 0.29) is 12.9 Å². The normalized spacial score (nSPS) is 12.8. The Labute approximate surface area is 214 Å². The molecule has 12 heteroatoms. The van der Waals surface area contributed by atoms with Crippen molar-refractivity contribution in [3.8, 4) is 5.75 Å². The first-order valence-corrected chi connectivity index (χ1v) is 11.6. The number of carbonyl (C=O) groups excluding carboxylic acids is 1. The van der Waals surface area contributed by atoms with Crippen LogP contribution in [0.2, 0.25) is 0 Å². The van der Waals surface area contributed by atoms with Gasteiger partial charge in [-0.25, -0.2) is 9.97 Å². The summed E-state index contributed by atoms with van der Waals surface area (Å²) in [5.41, 5.74) is 7.21. The molecule has 3 heterocycles. The van der Waals surface area contributed by atoms with Crippen molar-refractivity contribution in [1.29, 1.82) is 0 Å². The lowest BCUT2D eigenvalue weighted by atomic mass is 10.1. The van der Waals surface area contributed by atoms with Gasteiger partial charge in [-0.2, -0.15) is 0 Å². The second-order valence-corrected chi connectivity index (χ2v) is 7.86. The molecule has 0 saturated carbocycles. The second kappa shape index (κ2) is 16.3. The fourth-order valence-electron chi connectivity index (χ4n) is 3.81. The predicted octanol–water partition coefficient (Wildman–Crippen LogP) is 1.57. The molecular weight excluding hydrogens is 480 g/mol. The number of rotatable bonds is 9. The summed E-state index contributed by atoms with van der Waals surface area (Å²) >= 11 is 0. The monoisotopic (exact) mass is 512 g/mol. The van der Waals surface area contributed by atoms with Gasteiger partial charge in [0.1, 0.15) is 11.6 Å². The lowest BCUT2D eigenvalue weighted by Crippen LogP contribution is -2.46. The molecule has 1 aromatic carbocycles. The molecule has 0 bridgehead atoms. The zero-order valence-electron chi connectivity index (χ0n) is 20.4. The summed E-state index contributed by atoms with van der Waals surface area (Å²) in [4.78, 5) is 41.4. The maximum absolute atomic E-state index is 11.7. The van der Waals surface area contributed by atoms with Crippen molar-refractivity contribution >= 4 is 24.7 Å². The minimum absolute atomic E-state index is 0.250. The molecule has 4 rings (SSSR count). The van der Waals surface area contributed by atoms with Crippen LogP contribution in [0.3, 0.4) is 0 Å². The van der Waals surface area contributed by atoms with Crippen LogP contribution in [-0.2, 0) is 22.7 Å². The molecule has 0 unspecified atom stereocenters. The highest BCUT2D eigenvalue weighted by Gasteiger charge is 2.21. The largest absolute Gasteiger partial charge is 0.494 e. The molecule has 0 radical (unpaired) electrons. The fourth-order valence-corrected chi connectivity index (χ4v) is 3.81. The smallest absolute Gasteiger partial charge is 0.290 e. The number of imidazole rings is 1. The number of nitrogens with zero attached hydrogens (tertiary/aromatic N) is 5. The van der Waals surface area contributed by atoms with Gasteiger partial charge in [-0.05, 0) is 36.2 Å². The minimum atomic E-state index is -0.438. The Morgan fingerprint density at radius 2 is 1.78 bits per heavy atom. The quantitative estimate of drug-likeness (QED) is 0.283. The number of benzene rings is 1. The summed E-state index contributed by atoms with van der Waals surface area (Å²) in [6.07, 6.45) is 8.21. The van der Waals surface area contributed by atoms with Gasteiger partial charge in [-0.1, -0.05) is 12.1 Å². The predicted molar refractivity (Wildman–Crippen MR) is 136 cm³/mol. The Bertz CT molecular complexity index is 1080. The third kappa shape index (κ3) is 9.98. The Hall–Kier alpha value is -4.45. The van der Waals surface area contributed by atoms with E-state index < -0.39 is 5.91 Å². The summed E-state index contributed by atoms with van der Waals surface area (Å²) in [6.45, 7) is 5.34. The van der Waals surface area contributed by atoms with Crippen LogP contribution in [0.4, 0.5) is 5.82 Å². The number of amides is 1. The van der Waals surface area contributed by atoms with Gasteiger partial charge in [0.2, 0.25) is 0 Å². The Morgan fingerprint density at radius 1 is 1.05 bits per heavy atom. The van der Waals surface area contributed by atoms with Gasteiger partial charge < -0.3 is 30.2 Å². The van der Waals surface area contributed by atoms with Crippen molar-refractivity contribution in [2.45, 2.75) is 19.5 Å². The van der Waals surface area contributed by atoms with E-state index in [1.165, 1.54) is 5.56 Å². The van der Waals surface area contributed by atoms with Crippen LogP contribution in [0, 0.1) is 0 Å². The molecular formula is C25H32N6O6. The Balaban J connectivity index is 0.000000733. The summed E-state index contributed by atoms with van der Waals surface area (Å²) in [5, 5.41) is 13.8. The molecule has 2 aromatic heterocycles. The van der Waals surface area contributed by atoms with Gasteiger partial charge >= 0.3 is 0 Å². The van der Waals surface area contributed by atoms with Crippen molar-refractivity contribution in [3.05, 3.63) is 72.4 Å². The molecule has 198 valence electrons. The standard InChI is InChI=1S/C23H28N6O2.2CH2O2/c24-22(30)21-6-2-7-26-23(21)29-13-11-27(12-14-29)17-19-4-1-5-20(16-19)31-15-3-9-28-10-8-25-18-28;2*2-1-3/h1-2,4-8,10,16,18H,3,9,11-15,17H2,(H2,24,30);2*1H,(H,2,3). The highest BCUT2D eigenvalue weighted by Crippen LogP contribution is 2.20. The van der Waals surface area contributed by atoms with E-state index in [9.17, 15) is 4.79 Å². The van der Waals surface area contributed by atoms with Crippen LogP contribution >= 0.6 is 0 Å². The highest BCUT2D eigenvalue weighted by molar-refractivity contribution is 5.97. The van der Waals surface area contributed by atoms with Gasteiger partial charge in [-0.15, -0.1) is 0 Å². The summed E-state index contributed by atoms with van der Waals surface area (Å²) in [5.74, 6) is 1.15. The number of pyridine rings is 1. The molecule has 37 heavy (non-hydrogen) atoms. The number of hydrogen-bond acceptors (Lipinski definition) is 8. The average molecular weight is 513 g/mol. The topological polar surface area (TPSA) is 164 Å². The van der Waals surface area contributed by atoms with E-state index in [4.69, 9.17) is 30.3 Å². The molecule has 1 aliphatic rings. The molecule has 1 amide bonds. The van der Waals surface area contributed by atoms with Crippen molar-refractivity contribution in [3.63, 3.8) is 0 Å². The van der Waals surface area contributed by atoms with Crippen LogP contribution in [-0.4, -0.2) is 81.3 Å². The van der Waals surface area contributed by atoms with Gasteiger partial charge in [0.15, 0.2) is 0 Å². The number of ether oxygens (including phenoxy) is 1. The first-order valence-electron chi connectivity index (χ1n) is 11.6. The van der Waals surface area contributed by atoms with E-state index in [2.05, 4.69) is 36.5 Å². The summed E-state index contributed by atoms with van der Waals surface area (Å²) in [6, 6.07) is 11.8. The Morgan fingerprint density at radius 3 is 2.43 bits per heavy atom. The third-order valence-corrected chi connectivity index (χ3v) is 5.42. The SMILES string of the molecule is NC(=O)c1cccnc1N1CCN(Cc2cccc(OCCCn3ccnc3)c2)CC1.O=CO.O=CO. The number of primary amides is 1. The second-order valence-electron chi connectivity index (χ2n) is 7.86. The van der Waals surface area contributed by atoms with Crippen molar-refractivity contribution < 1.29 is 29.3 Å². The number of piperazine rings is 1. The van der Waals surface area contributed by atoms with Crippen molar-refractivity contribution in [1.82, 2.24) is 19.4 Å². The summed E-state index contributed by atoms with van der Waals surface area (Å²) < 4.78 is 7.98. The van der Waals surface area contributed by atoms with Gasteiger partial charge in [-0.3, -0.25) is 19.3 Å². The number of hydrogen-bond donors (Lipinski definition) is 3. The molecule has 1 saturated heterocycles. The van der Waals surface area contributed by atoms with E-state index in [1.807, 2.05) is 24.7 Å². The molecule has 0 spiro atoms. The maximum atomic E-state index is 11.7. The average Bonchev–Trinajstić information content (AvgIpc) is 3.42. The van der Waals surface area contributed by atoms with E-state index in [0.29, 0.717) is 18.0 Å². The zero-order valence-corrected chi connectivity index (χ0v) is 20.4. The van der Waals surface area contributed by atoms with Gasteiger partial charge in [0.25, 0.3) is 18.9 Å². The van der Waals surface area contributed by atoms with Crippen LogP contribution in [0.15, 0.2) is 61.3 Å². The lowest BCUT2D eigenvalue weighted by molar-refractivity contribution is -0.123.